The number of ether oxygens (including phenoxy) is 1. The second-order valence-corrected chi connectivity index (χ2v) is 6.99. The quantitative estimate of drug-likeness (QED) is 0.342. The minimum atomic E-state index is 0.952. The molecular formula is C23H20NO+. The van der Waals surface area contributed by atoms with Crippen molar-refractivity contribution in [2.45, 2.75) is 20.8 Å². The number of nitrogens with zero attached hydrogens (tertiary/aromatic N) is 1. The molecule has 0 fully saturated rings. The van der Waals surface area contributed by atoms with Gasteiger partial charge in [-0.15, -0.1) is 0 Å². The lowest BCUT2D eigenvalue weighted by atomic mass is 9.90. The summed E-state index contributed by atoms with van der Waals surface area (Å²) in [5.74, 6) is 1.91. The Kier molecular flexibility index (Phi) is 2.79. The van der Waals surface area contributed by atoms with Gasteiger partial charge in [0, 0.05) is 17.9 Å². The molecular weight excluding hydrogens is 306 g/mol. The van der Waals surface area contributed by atoms with Crippen LogP contribution in [0, 0.1) is 20.8 Å². The van der Waals surface area contributed by atoms with Gasteiger partial charge in [-0.25, -0.2) is 0 Å². The molecule has 0 atom stereocenters. The zero-order valence-electron chi connectivity index (χ0n) is 15.0. The van der Waals surface area contributed by atoms with Crippen LogP contribution < -0.4 is 9.30 Å². The van der Waals surface area contributed by atoms with Crippen molar-refractivity contribution < 1.29 is 9.30 Å². The molecule has 2 heteroatoms. The lowest BCUT2D eigenvalue weighted by Crippen LogP contribution is -2.37. The minimum Gasteiger partial charge on any atom is -0.456 e. The number of benzene rings is 3. The highest BCUT2D eigenvalue weighted by Gasteiger charge is 2.32. The summed E-state index contributed by atoms with van der Waals surface area (Å²) in [7, 11) is 2.16. The fraction of sp³-hybridized carbons (Fsp3) is 0.174. The number of aromatic nitrogens is 1. The summed E-state index contributed by atoms with van der Waals surface area (Å²) in [4.78, 5) is 0. The van der Waals surface area contributed by atoms with Crippen molar-refractivity contribution in [3.05, 3.63) is 65.4 Å². The Hall–Kier alpha value is -2.87. The number of rotatable bonds is 0. The number of pyridine rings is 1. The highest BCUT2D eigenvalue weighted by molar-refractivity contribution is 6.06. The number of fused-ring (bicyclic) bond motifs is 3. The fourth-order valence-electron chi connectivity index (χ4n) is 4.24. The van der Waals surface area contributed by atoms with Gasteiger partial charge >= 0.3 is 0 Å². The van der Waals surface area contributed by atoms with Gasteiger partial charge in [-0.3, -0.25) is 0 Å². The zero-order valence-corrected chi connectivity index (χ0v) is 15.0. The van der Waals surface area contributed by atoms with E-state index in [0.717, 1.165) is 11.5 Å². The predicted octanol–water partition coefficient (Wildman–Crippen LogP) is 5.52. The van der Waals surface area contributed by atoms with Crippen LogP contribution in [0.5, 0.6) is 11.5 Å². The van der Waals surface area contributed by atoms with Gasteiger partial charge in [0.15, 0.2) is 5.69 Å². The summed E-state index contributed by atoms with van der Waals surface area (Å²) in [6.07, 6.45) is 0. The van der Waals surface area contributed by atoms with Crippen LogP contribution in [-0.4, -0.2) is 0 Å². The standard InChI is InChI=1S/C23H20NO/c1-13-15(3)24(4)23-21-14(2)17-9-6-5-8-16(17)12-20(21)25-19-11-7-10-18(13)22(19)23/h5-12H,1-4H3/q+1. The van der Waals surface area contributed by atoms with E-state index in [1.807, 2.05) is 0 Å². The Bertz CT molecular complexity index is 1200. The third-order valence-corrected chi connectivity index (χ3v) is 5.78. The summed E-state index contributed by atoms with van der Waals surface area (Å²) < 4.78 is 8.70. The van der Waals surface area contributed by atoms with Crippen molar-refractivity contribution in [1.29, 1.82) is 0 Å². The van der Waals surface area contributed by atoms with Crippen molar-refractivity contribution >= 4 is 21.5 Å². The van der Waals surface area contributed by atoms with E-state index >= 15 is 0 Å². The van der Waals surface area contributed by atoms with Gasteiger partial charge in [-0.2, -0.15) is 4.57 Å². The van der Waals surface area contributed by atoms with Gasteiger partial charge in [0.2, 0.25) is 5.69 Å². The summed E-state index contributed by atoms with van der Waals surface area (Å²) in [6.45, 7) is 6.60. The molecule has 0 radical (unpaired) electrons. The van der Waals surface area contributed by atoms with Crippen LogP contribution in [0.4, 0.5) is 0 Å². The maximum absolute atomic E-state index is 6.37. The second kappa shape index (κ2) is 4.82. The van der Waals surface area contributed by atoms with Crippen LogP contribution in [0.2, 0.25) is 0 Å². The van der Waals surface area contributed by atoms with Gasteiger partial charge in [0.1, 0.15) is 18.5 Å². The maximum atomic E-state index is 6.37. The lowest BCUT2D eigenvalue weighted by Gasteiger charge is -2.23. The molecule has 3 aromatic carbocycles. The zero-order chi connectivity index (χ0) is 17.3. The Morgan fingerprint density at radius 2 is 1.56 bits per heavy atom. The first-order chi connectivity index (χ1) is 12.1. The van der Waals surface area contributed by atoms with Gasteiger partial charge in [0.25, 0.3) is 0 Å². The average Bonchev–Trinajstić information content (AvgIpc) is 2.63. The monoisotopic (exact) mass is 326 g/mol. The van der Waals surface area contributed by atoms with E-state index in [9.17, 15) is 0 Å². The number of hydrogen-bond donors (Lipinski definition) is 0. The fourth-order valence-corrected chi connectivity index (χ4v) is 4.24. The summed E-state index contributed by atoms with van der Waals surface area (Å²) in [5, 5.41) is 5.01. The van der Waals surface area contributed by atoms with Crippen molar-refractivity contribution in [3.63, 3.8) is 0 Å². The summed E-state index contributed by atoms with van der Waals surface area (Å²) in [6, 6.07) is 17.1. The molecule has 1 aliphatic rings. The molecule has 0 saturated heterocycles. The molecule has 5 rings (SSSR count). The number of aryl methyl sites for hydroxylation is 2. The molecule has 0 unspecified atom stereocenters. The topological polar surface area (TPSA) is 13.1 Å². The highest BCUT2D eigenvalue weighted by atomic mass is 16.5. The van der Waals surface area contributed by atoms with Crippen LogP contribution in [0.15, 0.2) is 48.5 Å². The van der Waals surface area contributed by atoms with Gasteiger partial charge < -0.3 is 4.74 Å². The molecule has 25 heavy (non-hydrogen) atoms. The van der Waals surface area contributed by atoms with Crippen molar-refractivity contribution in [2.75, 3.05) is 0 Å². The van der Waals surface area contributed by atoms with Crippen molar-refractivity contribution in [2.24, 2.45) is 7.05 Å². The Morgan fingerprint density at radius 1 is 0.800 bits per heavy atom. The van der Waals surface area contributed by atoms with Gasteiger partial charge in [0.05, 0.1) is 10.9 Å². The molecule has 0 N–H and O–H groups in total. The predicted molar refractivity (Wildman–Crippen MR) is 102 cm³/mol. The Balaban J connectivity index is 2.05. The third-order valence-electron chi connectivity index (χ3n) is 5.78. The van der Waals surface area contributed by atoms with Crippen molar-refractivity contribution in [1.82, 2.24) is 0 Å². The van der Waals surface area contributed by atoms with Crippen molar-refractivity contribution in [3.8, 4) is 22.8 Å². The number of hydrogen-bond acceptors (Lipinski definition) is 1. The van der Waals surface area contributed by atoms with Crippen LogP contribution in [0.25, 0.3) is 32.8 Å². The van der Waals surface area contributed by atoms with E-state index in [1.165, 1.54) is 49.6 Å². The molecule has 1 aromatic heterocycles. The van der Waals surface area contributed by atoms with E-state index in [-0.39, 0.29) is 0 Å². The molecule has 2 nitrogen and oxygen atoms in total. The van der Waals surface area contributed by atoms with Crippen LogP contribution in [0.1, 0.15) is 16.8 Å². The SMILES string of the molecule is Cc1c2c(cc3ccccc13)Oc1cccc3c(C)c(C)[n+](C)c-2c13. The Labute approximate surface area is 147 Å². The first-order valence-corrected chi connectivity index (χ1v) is 8.70. The molecule has 2 heterocycles. The molecule has 0 aliphatic carbocycles. The molecule has 0 amide bonds. The third kappa shape index (κ3) is 1.77. The second-order valence-electron chi connectivity index (χ2n) is 6.99. The first kappa shape index (κ1) is 14.5. The largest absolute Gasteiger partial charge is 0.456 e. The smallest absolute Gasteiger partial charge is 0.228 e. The van der Waals surface area contributed by atoms with Crippen LogP contribution >= 0.6 is 0 Å². The molecule has 122 valence electrons. The van der Waals surface area contributed by atoms with E-state index in [4.69, 9.17) is 4.74 Å². The van der Waals surface area contributed by atoms with Crippen LogP contribution in [-0.2, 0) is 7.05 Å². The molecule has 1 aliphatic heterocycles. The van der Waals surface area contributed by atoms with E-state index in [1.54, 1.807) is 0 Å². The van der Waals surface area contributed by atoms with Gasteiger partial charge in [-0.05, 0) is 42.3 Å². The highest BCUT2D eigenvalue weighted by Crippen LogP contribution is 2.48. The minimum absolute atomic E-state index is 0.952. The first-order valence-electron chi connectivity index (χ1n) is 8.70. The lowest BCUT2D eigenvalue weighted by molar-refractivity contribution is -0.665. The summed E-state index contributed by atoms with van der Waals surface area (Å²) in [5.41, 5.74) is 6.36. The Morgan fingerprint density at radius 3 is 2.40 bits per heavy atom. The van der Waals surface area contributed by atoms with E-state index in [2.05, 4.69) is 80.9 Å². The van der Waals surface area contributed by atoms with E-state index in [0.29, 0.717) is 0 Å². The average molecular weight is 326 g/mol. The van der Waals surface area contributed by atoms with Crippen LogP contribution in [0.3, 0.4) is 0 Å². The van der Waals surface area contributed by atoms with E-state index < -0.39 is 0 Å². The summed E-state index contributed by atoms with van der Waals surface area (Å²) >= 11 is 0. The molecule has 0 spiro atoms. The molecule has 4 aromatic rings. The molecule has 0 bridgehead atoms. The normalized spacial score (nSPS) is 12.3. The van der Waals surface area contributed by atoms with Gasteiger partial charge in [-0.1, -0.05) is 36.4 Å². The molecule has 0 saturated carbocycles. The maximum Gasteiger partial charge on any atom is 0.228 e.